The minimum atomic E-state index is -5.20. The SMILES string of the molecule is CCCCCC1CCC(C2CCC(/C(F)=C(\F)C(F)(F)F)CC2)CC1. The minimum absolute atomic E-state index is 0.344. The van der Waals surface area contributed by atoms with Gasteiger partial charge in [0.15, 0.2) is 0 Å². The van der Waals surface area contributed by atoms with Gasteiger partial charge in [0.2, 0.25) is 5.83 Å². The third kappa shape index (κ3) is 5.96. The van der Waals surface area contributed by atoms with Crippen LogP contribution in [0.2, 0.25) is 0 Å². The maximum atomic E-state index is 13.7. The van der Waals surface area contributed by atoms with Crippen LogP contribution in [-0.2, 0) is 0 Å². The molecule has 2 aliphatic carbocycles. The predicted molar refractivity (Wildman–Crippen MR) is 90.3 cm³/mol. The van der Waals surface area contributed by atoms with Crippen LogP contribution >= 0.6 is 0 Å². The largest absolute Gasteiger partial charge is 0.445 e. The zero-order valence-corrected chi connectivity index (χ0v) is 15.2. The molecule has 0 atom stereocenters. The molecule has 25 heavy (non-hydrogen) atoms. The maximum Gasteiger partial charge on any atom is 0.445 e. The van der Waals surface area contributed by atoms with Crippen LogP contribution in [0.4, 0.5) is 22.0 Å². The van der Waals surface area contributed by atoms with Gasteiger partial charge < -0.3 is 0 Å². The van der Waals surface area contributed by atoms with Crippen LogP contribution in [0.15, 0.2) is 11.7 Å². The molecule has 2 rings (SSSR count). The van der Waals surface area contributed by atoms with E-state index < -0.39 is 23.7 Å². The number of hydrogen-bond acceptors (Lipinski definition) is 0. The average Bonchev–Trinajstić information content (AvgIpc) is 2.61. The summed E-state index contributed by atoms with van der Waals surface area (Å²) in [5, 5.41) is 0. The summed E-state index contributed by atoms with van der Waals surface area (Å²) in [4.78, 5) is 0. The van der Waals surface area contributed by atoms with Crippen molar-refractivity contribution in [3.8, 4) is 0 Å². The van der Waals surface area contributed by atoms with Gasteiger partial charge in [0, 0.05) is 5.92 Å². The van der Waals surface area contributed by atoms with Crippen LogP contribution in [0.1, 0.15) is 84.0 Å². The van der Waals surface area contributed by atoms with Gasteiger partial charge in [0.1, 0.15) is 5.83 Å². The van der Waals surface area contributed by atoms with Crippen LogP contribution < -0.4 is 0 Å². The van der Waals surface area contributed by atoms with Gasteiger partial charge in [-0.2, -0.15) is 17.6 Å². The molecule has 0 aromatic heterocycles. The molecule has 146 valence electrons. The van der Waals surface area contributed by atoms with E-state index in [4.69, 9.17) is 0 Å². The van der Waals surface area contributed by atoms with Gasteiger partial charge in [0.05, 0.1) is 0 Å². The van der Waals surface area contributed by atoms with E-state index in [9.17, 15) is 22.0 Å². The third-order valence-electron chi connectivity index (χ3n) is 6.36. The molecule has 0 N–H and O–H groups in total. The Hall–Kier alpha value is -0.610. The molecule has 0 aliphatic heterocycles. The second-order valence-electron chi connectivity index (χ2n) is 8.05. The van der Waals surface area contributed by atoms with Gasteiger partial charge in [-0.25, -0.2) is 4.39 Å². The van der Waals surface area contributed by atoms with Gasteiger partial charge in [-0.05, 0) is 56.3 Å². The van der Waals surface area contributed by atoms with Crippen LogP contribution in [0.25, 0.3) is 0 Å². The van der Waals surface area contributed by atoms with Crippen LogP contribution in [0.3, 0.4) is 0 Å². The lowest BCUT2D eigenvalue weighted by Crippen LogP contribution is -2.26. The fourth-order valence-corrected chi connectivity index (χ4v) is 4.79. The minimum Gasteiger partial charge on any atom is -0.208 e. The summed E-state index contributed by atoms with van der Waals surface area (Å²) < 4.78 is 63.7. The van der Waals surface area contributed by atoms with Crippen molar-refractivity contribution in [2.24, 2.45) is 23.7 Å². The van der Waals surface area contributed by atoms with Gasteiger partial charge >= 0.3 is 6.18 Å². The Morgan fingerprint density at radius 2 is 1.32 bits per heavy atom. The Morgan fingerprint density at radius 1 is 0.800 bits per heavy atom. The standard InChI is InChI=1S/C20H31F5/c1-2-3-4-5-14-6-8-15(9-7-14)16-10-12-17(13-11-16)18(21)19(22)20(23,24)25/h14-17H,2-13H2,1H3/b19-18+. The van der Waals surface area contributed by atoms with E-state index in [0.29, 0.717) is 24.7 Å². The van der Waals surface area contributed by atoms with Gasteiger partial charge in [-0.1, -0.05) is 45.4 Å². The molecule has 0 aromatic rings. The van der Waals surface area contributed by atoms with Crippen molar-refractivity contribution in [3.05, 3.63) is 11.7 Å². The van der Waals surface area contributed by atoms with Crippen LogP contribution in [0, 0.1) is 23.7 Å². The highest BCUT2D eigenvalue weighted by Gasteiger charge is 2.41. The normalized spacial score (nSPS) is 32.4. The van der Waals surface area contributed by atoms with E-state index in [1.165, 1.54) is 51.4 Å². The summed E-state index contributed by atoms with van der Waals surface area (Å²) in [7, 11) is 0. The van der Waals surface area contributed by atoms with Gasteiger partial charge in [-0.3, -0.25) is 0 Å². The molecule has 0 radical (unpaired) electrons. The zero-order chi connectivity index (χ0) is 18.4. The Labute approximate surface area is 148 Å². The van der Waals surface area contributed by atoms with Gasteiger partial charge in [-0.15, -0.1) is 0 Å². The average molecular weight is 366 g/mol. The summed E-state index contributed by atoms with van der Waals surface area (Å²) in [6.45, 7) is 2.21. The molecule has 2 fully saturated rings. The van der Waals surface area contributed by atoms with Crippen molar-refractivity contribution in [3.63, 3.8) is 0 Å². The van der Waals surface area contributed by atoms with E-state index in [0.717, 1.165) is 18.8 Å². The topological polar surface area (TPSA) is 0 Å². The Bertz CT molecular complexity index is 424. The summed E-state index contributed by atoms with van der Waals surface area (Å²) in [6, 6.07) is 0. The molecule has 0 aromatic carbocycles. The van der Waals surface area contributed by atoms with Crippen molar-refractivity contribution in [1.29, 1.82) is 0 Å². The van der Waals surface area contributed by atoms with E-state index >= 15 is 0 Å². The number of allylic oxidation sites excluding steroid dienone is 2. The van der Waals surface area contributed by atoms with Gasteiger partial charge in [0.25, 0.3) is 0 Å². The molecule has 2 saturated carbocycles. The van der Waals surface area contributed by atoms with Crippen LogP contribution in [-0.4, -0.2) is 6.18 Å². The van der Waals surface area contributed by atoms with Crippen LogP contribution in [0.5, 0.6) is 0 Å². The van der Waals surface area contributed by atoms with E-state index in [2.05, 4.69) is 6.92 Å². The van der Waals surface area contributed by atoms with E-state index in [-0.39, 0.29) is 0 Å². The lowest BCUT2D eigenvalue weighted by Gasteiger charge is -2.37. The van der Waals surface area contributed by atoms with Crippen molar-refractivity contribution in [1.82, 2.24) is 0 Å². The molecule has 0 saturated heterocycles. The highest BCUT2D eigenvalue weighted by Crippen LogP contribution is 2.45. The smallest absolute Gasteiger partial charge is 0.208 e. The number of unbranched alkanes of at least 4 members (excludes halogenated alkanes) is 2. The molecule has 0 unspecified atom stereocenters. The summed E-state index contributed by atoms with van der Waals surface area (Å²) in [5.41, 5.74) is 0. The molecule has 2 aliphatic rings. The fraction of sp³-hybridized carbons (Fsp3) is 0.900. The van der Waals surface area contributed by atoms with Crippen molar-refractivity contribution in [2.45, 2.75) is 90.1 Å². The second kappa shape index (κ2) is 9.36. The first-order valence-electron chi connectivity index (χ1n) is 9.95. The molecule has 0 bridgehead atoms. The molecule has 0 spiro atoms. The monoisotopic (exact) mass is 366 g/mol. The summed E-state index contributed by atoms with van der Waals surface area (Å²) in [5.74, 6) is -3.05. The lowest BCUT2D eigenvalue weighted by molar-refractivity contribution is -0.112. The first-order valence-corrected chi connectivity index (χ1v) is 9.95. The zero-order valence-electron chi connectivity index (χ0n) is 15.2. The van der Waals surface area contributed by atoms with E-state index in [1.807, 2.05) is 0 Å². The molecule has 0 amide bonds. The van der Waals surface area contributed by atoms with Crippen molar-refractivity contribution in [2.75, 3.05) is 0 Å². The third-order valence-corrected chi connectivity index (χ3v) is 6.36. The number of hydrogen-bond donors (Lipinski definition) is 0. The van der Waals surface area contributed by atoms with Crippen molar-refractivity contribution >= 4 is 0 Å². The lowest BCUT2D eigenvalue weighted by atomic mass is 9.68. The molecular weight excluding hydrogens is 335 g/mol. The Balaban J connectivity index is 1.76. The maximum absolute atomic E-state index is 13.7. The molecule has 0 nitrogen and oxygen atoms in total. The van der Waals surface area contributed by atoms with Crippen molar-refractivity contribution < 1.29 is 22.0 Å². The fourth-order valence-electron chi connectivity index (χ4n) is 4.79. The number of halogens is 5. The quantitative estimate of drug-likeness (QED) is 0.331. The summed E-state index contributed by atoms with van der Waals surface area (Å²) in [6.07, 6.45) is 7.04. The first kappa shape index (κ1) is 20.7. The Kier molecular flexibility index (Phi) is 7.75. The highest BCUT2D eigenvalue weighted by molar-refractivity contribution is 5.10. The molecule has 0 heterocycles. The number of rotatable bonds is 6. The molecular formula is C20H31F5. The number of alkyl halides is 3. The predicted octanol–water partition coefficient (Wildman–Crippen LogP) is 7.89. The first-order chi connectivity index (χ1) is 11.8. The van der Waals surface area contributed by atoms with E-state index in [1.54, 1.807) is 0 Å². The summed E-state index contributed by atoms with van der Waals surface area (Å²) >= 11 is 0. The Morgan fingerprint density at radius 3 is 1.80 bits per heavy atom. The molecule has 5 heteroatoms. The second-order valence-corrected chi connectivity index (χ2v) is 8.05. The highest BCUT2D eigenvalue weighted by atomic mass is 19.4.